The SMILES string of the molecule is Cc1ncc(CN2CCC(n3nccc3NC(=O)Nc3ccccc3Cl)CC2)s1. The number of benzene rings is 1. The molecular weight excluding hydrogens is 408 g/mol. The molecule has 2 aromatic heterocycles. The first kappa shape index (κ1) is 19.9. The average Bonchev–Trinajstić information content (AvgIpc) is 3.33. The fraction of sp³-hybridized carbons (Fsp3) is 0.350. The highest BCUT2D eigenvalue weighted by atomic mass is 35.5. The van der Waals surface area contributed by atoms with Gasteiger partial charge in [-0.1, -0.05) is 23.7 Å². The van der Waals surface area contributed by atoms with Gasteiger partial charge in [-0.15, -0.1) is 11.3 Å². The molecule has 0 spiro atoms. The molecule has 3 aromatic rings. The number of nitrogens with zero attached hydrogens (tertiary/aromatic N) is 4. The van der Waals surface area contributed by atoms with Crippen LogP contribution in [0.15, 0.2) is 42.7 Å². The molecule has 0 atom stereocenters. The Kier molecular flexibility index (Phi) is 6.13. The summed E-state index contributed by atoms with van der Waals surface area (Å²) in [4.78, 5) is 20.5. The Morgan fingerprint density at radius 1 is 1.24 bits per heavy atom. The Morgan fingerprint density at radius 3 is 2.76 bits per heavy atom. The van der Waals surface area contributed by atoms with Crippen LogP contribution in [0.2, 0.25) is 5.02 Å². The van der Waals surface area contributed by atoms with Crippen molar-refractivity contribution in [3.05, 3.63) is 57.6 Å². The minimum atomic E-state index is -0.335. The lowest BCUT2D eigenvalue weighted by atomic mass is 10.1. The Balaban J connectivity index is 1.33. The maximum atomic E-state index is 12.4. The molecule has 0 bridgehead atoms. The van der Waals surface area contributed by atoms with Gasteiger partial charge >= 0.3 is 6.03 Å². The van der Waals surface area contributed by atoms with Gasteiger partial charge in [0, 0.05) is 36.8 Å². The number of amides is 2. The third kappa shape index (κ3) is 4.95. The summed E-state index contributed by atoms with van der Waals surface area (Å²) in [7, 11) is 0. The molecule has 1 aliphatic heterocycles. The quantitative estimate of drug-likeness (QED) is 0.610. The molecule has 7 nitrogen and oxygen atoms in total. The van der Waals surface area contributed by atoms with Gasteiger partial charge < -0.3 is 5.32 Å². The number of piperidine rings is 1. The zero-order chi connectivity index (χ0) is 20.2. The Bertz CT molecular complexity index is 979. The number of rotatable bonds is 5. The van der Waals surface area contributed by atoms with Crippen molar-refractivity contribution in [3.63, 3.8) is 0 Å². The zero-order valence-corrected chi connectivity index (χ0v) is 17.7. The number of anilines is 2. The van der Waals surface area contributed by atoms with Crippen LogP contribution in [0.1, 0.15) is 28.8 Å². The predicted molar refractivity (Wildman–Crippen MR) is 117 cm³/mol. The van der Waals surface area contributed by atoms with Crippen LogP contribution in [0.25, 0.3) is 0 Å². The lowest BCUT2D eigenvalue weighted by Crippen LogP contribution is -2.35. The number of likely N-dealkylation sites (tertiary alicyclic amines) is 1. The monoisotopic (exact) mass is 430 g/mol. The van der Waals surface area contributed by atoms with E-state index in [9.17, 15) is 4.79 Å². The highest BCUT2D eigenvalue weighted by molar-refractivity contribution is 7.11. The van der Waals surface area contributed by atoms with Crippen LogP contribution in [-0.2, 0) is 6.54 Å². The molecule has 29 heavy (non-hydrogen) atoms. The molecule has 0 saturated carbocycles. The first-order chi connectivity index (χ1) is 14.1. The summed E-state index contributed by atoms with van der Waals surface area (Å²) in [6.07, 6.45) is 5.66. The molecule has 9 heteroatoms. The van der Waals surface area contributed by atoms with Gasteiger partial charge in [-0.2, -0.15) is 5.10 Å². The molecule has 4 rings (SSSR count). The van der Waals surface area contributed by atoms with E-state index in [4.69, 9.17) is 11.6 Å². The second kappa shape index (κ2) is 8.94. The van der Waals surface area contributed by atoms with Gasteiger partial charge in [0.25, 0.3) is 0 Å². The number of halogens is 1. The third-order valence-corrected chi connectivity index (χ3v) is 6.21. The van der Waals surface area contributed by atoms with Gasteiger partial charge in [0.15, 0.2) is 0 Å². The maximum absolute atomic E-state index is 12.4. The first-order valence-electron chi connectivity index (χ1n) is 9.58. The summed E-state index contributed by atoms with van der Waals surface area (Å²) in [5.41, 5.74) is 0.573. The van der Waals surface area contributed by atoms with Crippen molar-refractivity contribution in [2.45, 2.75) is 32.4 Å². The molecule has 152 valence electrons. The molecule has 1 fully saturated rings. The van der Waals surface area contributed by atoms with Crippen LogP contribution >= 0.6 is 22.9 Å². The molecular formula is C20H23ClN6OS. The van der Waals surface area contributed by atoms with E-state index in [0.29, 0.717) is 16.5 Å². The number of carbonyl (C=O) groups excluding carboxylic acids is 1. The number of nitrogens with one attached hydrogen (secondary N) is 2. The van der Waals surface area contributed by atoms with Crippen LogP contribution in [0, 0.1) is 6.92 Å². The summed E-state index contributed by atoms with van der Waals surface area (Å²) < 4.78 is 1.92. The van der Waals surface area contributed by atoms with Crippen molar-refractivity contribution in [1.29, 1.82) is 0 Å². The van der Waals surface area contributed by atoms with Crippen LogP contribution in [0.4, 0.5) is 16.3 Å². The molecule has 0 unspecified atom stereocenters. The summed E-state index contributed by atoms with van der Waals surface area (Å²) in [5.74, 6) is 0.686. The zero-order valence-electron chi connectivity index (χ0n) is 16.1. The molecule has 3 heterocycles. The minimum absolute atomic E-state index is 0.264. The lowest BCUT2D eigenvalue weighted by molar-refractivity contribution is 0.175. The van der Waals surface area contributed by atoms with E-state index in [0.717, 1.165) is 37.5 Å². The molecule has 1 aliphatic rings. The average molecular weight is 431 g/mol. The van der Waals surface area contributed by atoms with E-state index in [1.54, 1.807) is 29.7 Å². The number of aryl methyl sites for hydroxylation is 1. The highest BCUT2D eigenvalue weighted by Crippen LogP contribution is 2.27. The Labute approximate surface area is 178 Å². The van der Waals surface area contributed by atoms with E-state index in [1.165, 1.54) is 4.88 Å². The van der Waals surface area contributed by atoms with Gasteiger partial charge in [-0.25, -0.2) is 14.5 Å². The molecule has 2 N–H and O–H groups in total. The van der Waals surface area contributed by atoms with Crippen LogP contribution in [0.3, 0.4) is 0 Å². The number of hydrogen-bond donors (Lipinski definition) is 2. The molecule has 0 radical (unpaired) electrons. The Hall–Kier alpha value is -2.42. The van der Waals surface area contributed by atoms with E-state index in [-0.39, 0.29) is 12.1 Å². The van der Waals surface area contributed by atoms with Gasteiger partial charge in [-0.05, 0) is 31.9 Å². The van der Waals surface area contributed by atoms with Crippen LogP contribution < -0.4 is 10.6 Å². The fourth-order valence-corrected chi connectivity index (χ4v) is 4.58. The Morgan fingerprint density at radius 2 is 2.03 bits per heavy atom. The fourth-order valence-electron chi connectivity index (χ4n) is 3.56. The molecule has 0 aliphatic carbocycles. The summed E-state index contributed by atoms with van der Waals surface area (Å²) in [6, 6.07) is 8.90. The van der Waals surface area contributed by atoms with E-state index in [1.807, 2.05) is 36.0 Å². The van der Waals surface area contributed by atoms with E-state index < -0.39 is 0 Å². The van der Waals surface area contributed by atoms with Crippen molar-refractivity contribution in [2.75, 3.05) is 23.7 Å². The van der Waals surface area contributed by atoms with Crippen molar-refractivity contribution in [3.8, 4) is 0 Å². The van der Waals surface area contributed by atoms with Gasteiger partial charge in [0.2, 0.25) is 0 Å². The van der Waals surface area contributed by atoms with Crippen molar-refractivity contribution >= 4 is 40.5 Å². The maximum Gasteiger partial charge on any atom is 0.324 e. The van der Waals surface area contributed by atoms with Gasteiger partial charge in [0.05, 0.1) is 28.0 Å². The predicted octanol–water partition coefficient (Wildman–Crippen LogP) is 4.78. The van der Waals surface area contributed by atoms with Gasteiger partial charge in [-0.3, -0.25) is 10.2 Å². The second-order valence-corrected chi connectivity index (χ2v) is 8.80. The normalized spacial score (nSPS) is 15.4. The molecule has 1 aromatic carbocycles. The van der Waals surface area contributed by atoms with E-state index in [2.05, 4.69) is 25.6 Å². The number of para-hydroxylation sites is 1. The lowest BCUT2D eigenvalue weighted by Gasteiger charge is -2.32. The van der Waals surface area contributed by atoms with Crippen LogP contribution in [0.5, 0.6) is 0 Å². The molecule has 1 saturated heterocycles. The summed E-state index contributed by atoms with van der Waals surface area (Å²) >= 11 is 7.86. The minimum Gasteiger partial charge on any atom is -0.306 e. The van der Waals surface area contributed by atoms with E-state index >= 15 is 0 Å². The van der Waals surface area contributed by atoms with Gasteiger partial charge in [0.1, 0.15) is 5.82 Å². The number of urea groups is 1. The summed E-state index contributed by atoms with van der Waals surface area (Å²) in [5, 5.41) is 11.7. The number of thiazole rings is 1. The number of aromatic nitrogens is 3. The number of carbonyl (C=O) groups is 1. The largest absolute Gasteiger partial charge is 0.324 e. The molecule has 2 amide bonds. The first-order valence-corrected chi connectivity index (χ1v) is 10.8. The summed E-state index contributed by atoms with van der Waals surface area (Å²) in [6.45, 7) is 4.97. The van der Waals surface area contributed by atoms with Crippen molar-refractivity contribution in [1.82, 2.24) is 19.7 Å². The highest BCUT2D eigenvalue weighted by Gasteiger charge is 2.23. The smallest absolute Gasteiger partial charge is 0.306 e. The third-order valence-electron chi connectivity index (χ3n) is 4.99. The van der Waals surface area contributed by atoms with Crippen LogP contribution in [-0.4, -0.2) is 38.8 Å². The topological polar surface area (TPSA) is 75.1 Å². The standard InChI is InChI=1S/C20H23ClN6OS/c1-14-22-12-16(29-14)13-26-10-7-15(8-11-26)27-19(6-9-23-27)25-20(28)24-18-5-3-2-4-17(18)21/h2-6,9,12,15H,7-8,10-11,13H2,1H3,(H2,24,25,28). The van der Waals surface area contributed by atoms with Crippen molar-refractivity contribution in [2.24, 2.45) is 0 Å². The number of hydrogen-bond acceptors (Lipinski definition) is 5. The second-order valence-electron chi connectivity index (χ2n) is 7.07. The van der Waals surface area contributed by atoms with Crippen molar-refractivity contribution < 1.29 is 4.79 Å².